The van der Waals surface area contributed by atoms with E-state index in [0.29, 0.717) is 18.0 Å². The van der Waals surface area contributed by atoms with Crippen molar-refractivity contribution in [2.45, 2.75) is 45.6 Å². The van der Waals surface area contributed by atoms with Crippen LogP contribution in [0.3, 0.4) is 0 Å². The summed E-state index contributed by atoms with van der Waals surface area (Å²) in [7, 11) is 0. The van der Waals surface area contributed by atoms with Gasteiger partial charge < -0.3 is 19.6 Å². The molecule has 7 heteroatoms. The van der Waals surface area contributed by atoms with Crippen LogP contribution < -0.4 is 9.64 Å². The van der Waals surface area contributed by atoms with Crippen LogP contribution in [0.5, 0.6) is 5.75 Å². The molecule has 2 rings (SSSR count). The maximum atomic E-state index is 12.7. The van der Waals surface area contributed by atoms with Crippen LogP contribution in [0.2, 0.25) is 0 Å². The van der Waals surface area contributed by atoms with Gasteiger partial charge in [-0.1, -0.05) is 19.1 Å². The Labute approximate surface area is 153 Å². The van der Waals surface area contributed by atoms with Crippen LogP contribution in [-0.2, 0) is 14.4 Å². The average molecular weight is 362 g/mol. The molecule has 1 N–H and O–H groups in total. The molecular weight excluding hydrogens is 336 g/mol. The first kappa shape index (κ1) is 19.8. The van der Waals surface area contributed by atoms with Crippen LogP contribution >= 0.6 is 0 Å². The Morgan fingerprint density at radius 3 is 2.54 bits per heavy atom. The fourth-order valence-electron chi connectivity index (χ4n) is 2.97. The second-order valence-corrected chi connectivity index (χ2v) is 6.81. The van der Waals surface area contributed by atoms with Crippen LogP contribution in [0.25, 0.3) is 0 Å². The first-order valence-electron chi connectivity index (χ1n) is 8.86. The van der Waals surface area contributed by atoms with Gasteiger partial charge >= 0.3 is 5.97 Å². The molecule has 1 heterocycles. The minimum Gasteiger partial charge on any atom is -0.481 e. The van der Waals surface area contributed by atoms with Gasteiger partial charge in [-0.2, -0.15) is 0 Å². The zero-order valence-electron chi connectivity index (χ0n) is 15.5. The standard InChI is InChI=1S/C19H26N2O5/c1-4-11-20(12-10-17(23)24)16(22)9-13-21-14-7-5-6-8-15(14)26-19(2,3)18(21)25/h5-8H,4,9-13H2,1-3H3,(H,23,24). The number of aliphatic carboxylic acids is 1. The van der Waals surface area contributed by atoms with E-state index >= 15 is 0 Å². The lowest BCUT2D eigenvalue weighted by molar-refractivity contribution is -0.138. The molecule has 0 saturated carbocycles. The zero-order chi connectivity index (χ0) is 19.3. The van der Waals surface area contributed by atoms with Gasteiger partial charge in [-0.3, -0.25) is 14.4 Å². The summed E-state index contributed by atoms with van der Waals surface area (Å²) in [4.78, 5) is 39.2. The lowest BCUT2D eigenvalue weighted by Crippen LogP contribution is -2.53. The van der Waals surface area contributed by atoms with E-state index in [-0.39, 0.29) is 37.7 Å². The summed E-state index contributed by atoms with van der Waals surface area (Å²) in [5, 5.41) is 8.84. The normalized spacial score (nSPS) is 15.2. The highest BCUT2D eigenvalue weighted by Gasteiger charge is 2.40. The van der Waals surface area contributed by atoms with E-state index in [1.807, 2.05) is 19.1 Å². The summed E-state index contributed by atoms with van der Waals surface area (Å²) in [6.07, 6.45) is 0.797. The first-order chi connectivity index (χ1) is 12.3. The molecule has 0 fully saturated rings. The lowest BCUT2D eigenvalue weighted by Gasteiger charge is -2.38. The molecule has 0 bridgehead atoms. The van der Waals surface area contributed by atoms with Gasteiger partial charge in [0.05, 0.1) is 12.1 Å². The molecule has 26 heavy (non-hydrogen) atoms. The molecule has 1 aliphatic heterocycles. The number of rotatable bonds is 8. The van der Waals surface area contributed by atoms with Crippen molar-refractivity contribution in [3.63, 3.8) is 0 Å². The third-order valence-corrected chi connectivity index (χ3v) is 4.27. The molecule has 1 aliphatic rings. The van der Waals surface area contributed by atoms with Crippen LogP contribution in [0, 0.1) is 0 Å². The highest BCUT2D eigenvalue weighted by Crippen LogP contribution is 2.37. The fraction of sp³-hybridized carbons (Fsp3) is 0.526. The summed E-state index contributed by atoms with van der Waals surface area (Å²) < 4.78 is 5.77. The summed E-state index contributed by atoms with van der Waals surface area (Å²) in [5.41, 5.74) is -0.346. The van der Waals surface area contributed by atoms with Gasteiger partial charge in [-0.15, -0.1) is 0 Å². The summed E-state index contributed by atoms with van der Waals surface area (Å²) in [5.74, 6) is -0.668. The predicted octanol–water partition coefficient (Wildman–Crippen LogP) is 2.29. The molecule has 0 aliphatic carbocycles. The van der Waals surface area contributed by atoms with Crippen LogP contribution in [0.1, 0.15) is 40.0 Å². The van der Waals surface area contributed by atoms with Crippen molar-refractivity contribution in [3.8, 4) is 5.75 Å². The minimum absolute atomic E-state index is 0.0852. The number of carboxylic acid groups (broad SMARTS) is 1. The van der Waals surface area contributed by atoms with E-state index in [9.17, 15) is 14.4 Å². The van der Waals surface area contributed by atoms with E-state index in [1.54, 1.807) is 35.8 Å². The third kappa shape index (κ3) is 4.53. The monoisotopic (exact) mass is 362 g/mol. The van der Waals surface area contributed by atoms with Crippen molar-refractivity contribution in [2.24, 2.45) is 0 Å². The number of benzene rings is 1. The molecule has 0 unspecified atom stereocenters. The number of carbonyl (C=O) groups is 3. The molecule has 2 amide bonds. The molecule has 0 radical (unpaired) electrons. The SMILES string of the molecule is CCCN(CCC(=O)O)C(=O)CCN1C(=O)C(C)(C)Oc2ccccc21. The molecule has 0 spiro atoms. The maximum absolute atomic E-state index is 12.7. The number of amides is 2. The Morgan fingerprint density at radius 2 is 1.88 bits per heavy atom. The van der Waals surface area contributed by atoms with Crippen LogP contribution in [0.15, 0.2) is 24.3 Å². The number of carboxylic acids is 1. The van der Waals surface area contributed by atoms with E-state index in [2.05, 4.69) is 0 Å². The largest absolute Gasteiger partial charge is 0.481 e. The van der Waals surface area contributed by atoms with Crippen molar-refractivity contribution < 1.29 is 24.2 Å². The van der Waals surface area contributed by atoms with E-state index in [4.69, 9.17) is 9.84 Å². The second kappa shape index (κ2) is 8.21. The highest BCUT2D eigenvalue weighted by molar-refractivity contribution is 6.02. The van der Waals surface area contributed by atoms with E-state index in [0.717, 1.165) is 6.42 Å². The minimum atomic E-state index is -0.996. The van der Waals surface area contributed by atoms with Gasteiger partial charge in [0.15, 0.2) is 5.60 Å². The second-order valence-electron chi connectivity index (χ2n) is 6.81. The van der Waals surface area contributed by atoms with Gasteiger partial charge in [-0.25, -0.2) is 0 Å². The van der Waals surface area contributed by atoms with Gasteiger partial charge in [0, 0.05) is 26.1 Å². The topological polar surface area (TPSA) is 87.2 Å². The summed E-state index contributed by atoms with van der Waals surface area (Å²) >= 11 is 0. The Bertz CT molecular complexity index is 686. The third-order valence-electron chi connectivity index (χ3n) is 4.27. The number of hydrogen-bond donors (Lipinski definition) is 1. The molecule has 0 aromatic heterocycles. The highest BCUT2D eigenvalue weighted by atomic mass is 16.5. The number of fused-ring (bicyclic) bond motifs is 1. The smallest absolute Gasteiger partial charge is 0.305 e. The number of para-hydroxylation sites is 2. The Morgan fingerprint density at radius 1 is 1.19 bits per heavy atom. The van der Waals surface area contributed by atoms with Crippen molar-refractivity contribution in [3.05, 3.63) is 24.3 Å². The molecule has 1 aromatic carbocycles. The van der Waals surface area contributed by atoms with Crippen molar-refractivity contribution in [1.82, 2.24) is 4.90 Å². The molecule has 0 atom stereocenters. The summed E-state index contributed by atoms with van der Waals surface area (Å²) in [6, 6.07) is 7.25. The Balaban J connectivity index is 2.10. The molecule has 0 saturated heterocycles. The molecule has 142 valence electrons. The maximum Gasteiger partial charge on any atom is 0.305 e. The van der Waals surface area contributed by atoms with E-state index in [1.165, 1.54) is 0 Å². The van der Waals surface area contributed by atoms with E-state index < -0.39 is 11.6 Å². The molecular formula is C19H26N2O5. The van der Waals surface area contributed by atoms with Crippen LogP contribution in [0.4, 0.5) is 5.69 Å². The number of ether oxygens (including phenoxy) is 1. The average Bonchev–Trinajstić information content (AvgIpc) is 2.58. The Hall–Kier alpha value is -2.57. The predicted molar refractivity (Wildman–Crippen MR) is 97.2 cm³/mol. The quantitative estimate of drug-likeness (QED) is 0.767. The van der Waals surface area contributed by atoms with Crippen molar-refractivity contribution in [1.29, 1.82) is 0 Å². The van der Waals surface area contributed by atoms with Crippen molar-refractivity contribution >= 4 is 23.5 Å². The first-order valence-corrected chi connectivity index (χ1v) is 8.86. The van der Waals surface area contributed by atoms with Crippen molar-refractivity contribution in [2.75, 3.05) is 24.5 Å². The number of anilines is 1. The van der Waals surface area contributed by atoms with Gasteiger partial charge in [0.25, 0.3) is 5.91 Å². The zero-order valence-corrected chi connectivity index (χ0v) is 15.5. The fourth-order valence-corrected chi connectivity index (χ4v) is 2.97. The Kier molecular flexibility index (Phi) is 6.23. The van der Waals surface area contributed by atoms with Crippen LogP contribution in [-0.4, -0.2) is 53.0 Å². The van der Waals surface area contributed by atoms with Gasteiger partial charge in [-0.05, 0) is 32.4 Å². The molecule has 1 aromatic rings. The van der Waals surface area contributed by atoms with Gasteiger partial charge in [0.1, 0.15) is 5.75 Å². The summed E-state index contributed by atoms with van der Waals surface area (Å²) in [6.45, 7) is 6.26. The number of hydrogen-bond acceptors (Lipinski definition) is 4. The lowest BCUT2D eigenvalue weighted by atomic mass is 10.0. The number of nitrogens with zero attached hydrogens (tertiary/aromatic N) is 2. The number of carbonyl (C=O) groups excluding carboxylic acids is 2. The van der Waals surface area contributed by atoms with Gasteiger partial charge in [0.2, 0.25) is 5.91 Å². The molecule has 7 nitrogen and oxygen atoms in total.